The molecule has 0 aromatic carbocycles. The first-order valence-corrected chi connectivity index (χ1v) is 4.75. The molecule has 1 aromatic heterocycles. The quantitative estimate of drug-likeness (QED) is 0.655. The molecule has 1 fully saturated rings. The number of ether oxygens (including phenoxy) is 1. The minimum absolute atomic E-state index is 0.00147. The first kappa shape index (κ1) is 10.1. The molecule has 0 radical (unpaired) electrons. The minimum Gasteiger partial charge on any atom is -0.396 e. The van der Waals surface area contributed by atoms with E-state index < -0.39 is 5.69 Å². The second-order valence-corrected chi connectivity index (χ2v) is 3.59. The first-order chi connectivity index (χ1) is 7.22. The van der Waals surface area contributed by atoms with Gasteiger partial charge in [0.25, 0.3) is 0 Å². The van der Waals surface area contributed by atoms with Gasteiger partial charge in [-0.2, -0.15) is 4.98 Å². The Morgan fingerprint density at radius 1 is 1.67 bits per heavy atom. The van der Waals surface area contributed by atoms with Crippen LogP contribution in [0.2, 0.25) is 0 Å². The van der Waals surface area contributed by atoms with Crippen LogP contribution in [0.1, 0.15) is 6.04 Å². The van der Waals surface area contributed by atoms with Crippen LogP contribution in [-0.2, 0) is 4.74 Å². The zero-order valence-electron chi connectivity index (χ0n) is 8.17. The Balaban J connectivity index is 2.33. The summed E-state index contributed by atoms with van der Waals surface area (Å²) in [6.45, 7) is 0.899. The van der Waals surface area contributed by atoms with Crippen molar-refractivity contribution in [1.29, 1.82) is 0 Å². The monoisotopic (exact) mass is 211 g/mol. The maximum absolute atomic E-state index is 11.5. The number of nitrogen functional groups attached to an aromatic ring is 1. The third-order valence-electron chi connectivity index (χ3n) is 2.61. The Kier molecular flexibility index (Phi) is 2.70. The van der Waals surface area contributed by atoms with Gasteiger partial charge in [-0.15, -0.1) is 0 Å². The van der Waals surface area contributed by atoms with Gasteiger partial charge < -0.3 is 15.6 Å². The van der Waals surface area contributed by atoms with Crippen molar-refractivity contribution in [1.82, 2.24) is 9.55 Å². The van der Waals surface area contributed by atoms with Crippen molar-refractivity contribution in [2.45, 2.75) is 6.04 Å². The van der Waals surface area contributed by atoms with Gasteiger partial charge in [-0.05, 0) is 6.07 Å². The van der Waals surface area contributed by atoms with Gasteiger partial charge in [0.1, 0.15) is 5.82 Å². The van der Waals surface area contributed by atoms with E-state index in [1.165, 1.54) is 4.57 Å². The molecule has 0 saturated carbocycles. The summed E-state index contributed by atoms with van der Waals surface area (Å²) in [5.74, 6) is 0.156. The van der Waals surface area contributed by atoms with Crippen molar-refractivity contribution >= 4 is 5.82 Å². The number of aromatic nitrogens is 2. The van der Waals surface area contributed by atoms with Crippen LogP contribution in [0.25, 0.3) is 0 Å². The molecule has 15 heavy (non-hydrogen) atoms. The Hall–Kier alpha value is -1.40. The van der Waals surface area contributed by atoms with Crippen molar-refractivity contribution in [3.63, 3.8) is 0 Å². The molecule has 0 aliphatic carbocycles. The summed E-state index contributed by atoms with van der Waals surface area (Å²) in [6.07, 6.45) is 1.59. The average molecular weight is 211 g/mol. The Bertz CT molecular complexity index is 404. The van der Waals surface area contributed by atoms with Crippen LogP contribution in [0.5, 0.6) is 0 Å². The summed E-state index contributed by atoms with van der Waals surface area (Å²) >= 11 is 0. The van der Waals surface area contributed by atoms with E-state index in [0.717, 1.165) is 0 Å². The molecule has 6 heteroatoms. The van der Waals surface area contributed by atoms with Crippen LogP contribution < -0.4 is 11.4 Å². The second kappa shape index (κ2) is 4.00. The fourth-order valence-corrected chi connectivity index (χ4v) is 1.75. The number of nitrogens with two attached hydrogens (primary N) is 1. The number of hydrogen-bond acceptors (Lipinski definition) is 5. The summed E-state index contributed by atoms with van der Waals surface area (Å²) in [5.41, 5.74) is 4.99. The van der Waals surface area contributed by atoms with Gasteiger partial charge in [0.05, 0.1) is 25.9 Å². The van der Waals surface area contributed by atoms with E-state index in [1.807, 2.05) is 0 Å². The highest BCUT2D eigenvalue weighted by Gasteiger charge is 2.29. The predicted octanol–water partition coefficient (Wildman–Crippen LogP) is -0.995. The predicted molar refractivity (Wildman–Crippen MR) is 53.3 cm³/mol. The third-order valence-corrected chi connectivity index (χ3v) is 2.61. The van der Waals surface area contributed by atoms with Gasteiger partial charge in [-0.1, -0.05) is 0 Å². The largest absolute Gasteiger partial charge is 0.396 e. The SMILES string of the molecule is Nc1ccn([C@H]2COC[C@@H]2CO)c(=O)n1. The van der Waals surface area contributed by atoms with E-state index in [2.05, 4.69) is 4.98 Å². The third kappa shape index (κ3) is 1.86. The Labute approximate surface area is 86.3 Å². The maximum atomic E-state index is 11.5. The van der Waals surface area contributed by atoms with E-state index in [0.29, 0.717) is 13.2 Å². The molecule has 0 amide bonds. The Morgan fingerprint density at radius 2 is 2.47 bits per heavy atom. The number of aliphatic hydroxyl groups excluding tert-OH is 1. The van der Waals surface area contributed by atoms with E-state index in [1.54, 1.807) is 12.3 Å². The zero-order chi connectivity index (χ0) is 10.8. The summed E-state index contributed by atoms with van der Waals surface area (Å²) in [5, 5.41) is 9.10. The van der Waals surface area contributed by atoms with Crippen molar-refractivity contribution in [2.75, 3.05) is 25.6 Å². The normalized spacial score (nSPS) is 25.7. The number of rotatable bonds is 2. The molecule has 2 rings (SSSR count). The van der Waals surface area contributed by atoms with E-state index in [-0.39, 0.29) is 24.4 Å². The lowest BCUT2D eigenvalue weighted by Gasteiger charge is -2.17. The van der Waals surface area contributed by atoms with Crippen LogP contribution in [0.3, 0.4) is 0 Å². The number of hydrogen-bond donors (Lipinski definition) is 2. The van der Waals surface area contributed by atoms with Crippen LogP contribution in [-0.4, -0.2) is 34.5 Å². The summed E-state index contributed by atoms with van der Waals surface area (Å²) in [4.78, 5) is 15.2. The summed E-state index contributed by atoms with van der Waals surface area (Å²) in [7, 11) is 0. The highest BCUT2D eigenvalue weighted by molar-refractivity contribution is 5.23. The first-order valence-electron chi connectivity index (χ1n) is 4.75. The molecule has 2 atom stereocenters. The molecule has 1 aliphatic heterocycles. The van der Waals surface area contributed by atoms with Gasteiger partial charge >= 0.3 is 5.69 Å². The van der Waals surface area contributed by atoms with Crippen molar-refractivity contribution in [3.8, 4) is 0 Å². The van der Waals surface area contributed by atoms with Gasteiger partial charge in [-0.3, -0.25) is 4.57 Å². The smallest absolute Gasteiger partial charge is 0.349 e. The highest BCUT2D eigenvalue weighted by atomic mass is 16.5. The molecular formula is C9H13N3O3. The van der Waals surface area contributed by atoms with Crippen LogP contribution in [0.4, 0.5) is 5.82 Å². The Morgan fingerprint density at radius 3 is 3.13 bits per heavy atom. The minimum atomic E-state index is -0.399. The fraction of sp³-hybridized carbons (Fsp3) is 0.556. The standard InChI is InChI=1S/C9H13N3O3/c10-8-1-2-12(9(14)11-8)7-5-15-4-6(7)3-13/h1-2,6-7,13H,3-5H2,(H2,10,11,14)/t6-,7-/m0/s1. The van der Waals surface area contributed by atoms with Crippen molar-refractivity contribution in [3.05, 3.63) is 22.7 Å². The lowest BCUT2D eigenvalue weighted by atomic mass is 10.1. The fourth-order valence-electron chi connectivity index (χ4n) is 1.75. The molecular weight excluding hydrogens is 198 g/mol. The van der Waals surface area contributed by atoms with Crippen LogP contribution in [0, 0.1) is 5.92 Å². The highest BCUT2D eigenvalue weighted by Crippen LogP contribution is 2.23. The molecule has 0 unspecified atom stereocenters. The lowest BCUT2D eigenvalue weighted by molar-refractivity contribution is 0.160. The van der Waals surface area contributed by atoms with Crippen LogP contribution in [0.15, 0.2) is 17.1 Å². The van der Waals surface area contributed by atoms with E-state index in [4.69, 9.17) is 15.6 Å². The molecule has 82 valence electrons. The molecule has 1 saturated heterocycles. The molecule has 0 spiro atoms. The number of aliphatic hydroxyl groups is 1. The molecule has 6 nitrogen and oxygen atoms in total. The molecule has 1 aromatic rings. The lowest BCUT2D eigenvalue weighted by Crippen LogP contribution is -2.31. The van der Waals surface area contributed by atoms with Gasteiger partial charge in [0, 0.05) is 12.1 Å². The van der Waals surface area contributed by atoms with Gasteiger partial charge in [-0.25, -0.2) is 4.79 Å². The average Bonchev–Trinajstić information content (AvgIpc) is 2.65. The van der Waals surface area contributed by atoms with E-state index in [9.17, 15) is 4.79 Å². The molecule has 3 N–H and O–H groups in total. The zero-order valence-corrected chi connectivity index (χ0v) is 8.17. The summed E-state index contributed by atoms with van der Waals surface area (Å²) < 4.78 is 6.68. The van der Waals surface area contributed by atoms with E-state index >= 15 is 0 Å². The summed E-state index contributed by atoms with van der Waals surface area (Å²) in [6, 6.07) is 1.42. The molecule has 2 heterocycles. The van der Waals surface area contributed by atoms with Gasteiger partial charge in [0.15, 0.2) is 0 Å². The second-order valence-electron chi connectivity index (χ2n) is 3.59. The number of nitrogens with zero attached hydrogens (tertiary/aromatic N) is 2. The molecule has 1 aliphatic rings. The van der Waals surface area contributed by atoms with Crippen molar-refractivity contribution in [2.24, 2.45) is 5.92 Å². The molecule has 0 bridgehead atoms. The van der Waals surface area contributed by atoms with Gasteiger partial charge in [0.2, 0.25) is 0 Å². The number of anilines is 1. The van der Waals surface area contributed by atoms with Crippen LogP contribution >= 0.6 is 0 Å². The maximum Gasteiger partial charge on any atom is 0.349 e. The topological polar surface area (TPSA) is 90.4 Å². The van der Waals surface area contributed by atoms with Crippen molar-refractivity contribution < 1.29 is 9.84 Å².